The van der Waals surface area contributed by atoms with Crippen LogP contribution in [0.25, 0.3) is 0 Å². The van der Waals surface area contributed by atoms with Crippen molar-refractivity contribution < 1.29 is 4.39 Å². The fourth-order valence-electron chi connectivity index (χ4n) is 4.02. The molecule has 0 saturated heterocycles. The first-order chi connectivity index (χ1) is 12.2. The number of nitrogens with zero attached hydrogens (tertiary/aromatic N) is 1. The number of hydrogen-bond acceptors (Lipinski definition) is 1. The predicted octanol–water partition coefficient (Wildman–Crippen LogP) is 5.15. The molecule has 1 unspecified atom stereocenters. The molecule has 0 N–H and O–H groups in total. The van der Waals surface area contributed by atoms with E-state index in [-0.39, 0.29) is 11.4 Å². The molecule has 0 aromatic heterocycles. The van der Waals surface area contributed by atoms with E-state index in [1.165, 1.54) is 16.7 Å². The van der Waals surface area contributed by atoms with Crippen LogP contribution in [0.2, 0.25) is 0 Å². The average molecular weight is 331 g/mol. The molecule has 2 heteroatoms. The van der Waals surface area contributed by atoms with Gasteiger partial charge in [0, 0.05) is 13.1 Å². The minimum absolute atomic E-state index is 0.189. The molecule has 0 spiro atoms. The third-order valence-corrected chi connectivity index (χ3v) is 5.45. The monoisotopic (exact) mass is 331 g/mol. The standard InChI is InChI=1S/C23H22FN/c1-23(20-11-13-21(24)14-12-20)22-10-6-5-9-19(22)15-16-25(23)17-18-7-3-2-4-8-18/h2-14H,15-17H2,1H3. The van der Waals surface area contributed by atoms with Crippen LogP contribution in [0.3, 0.4) is 0 Å². The van der Waals surface area contributed by atoms with Gasteiger partial charge in [0.25, 0.3) is 0 Å². The molecule has 3 aromatic rings. The van der Waals surface area contributed by atoms with Crippen molar-refractivity contribution in [3.05, 3.63) is 107 Å². The Morgan fingerprint density at radius 1 is 0.880 bits per heavy atom. The Kier molecular flexibility index (Phi) is 4.14. The number of benzene rings is 3. The van der Waals surface area contributed by atoms with Crippen molar-refractivity contribution in [3.63, 3.8) is 0 Å². The van der Waals surface area contributed by atoms with Crippen LogP contribution in [0, 0.1) is 5.82 Å². The molecule has 4 rings (SSSR count). The number of rotatable bonds is 3. The maximum atomic E-state index is 13.5. The summed E-state index contributed by atoms with van der Waals surface area (Å²) in [4.78, 5) is 2.51. The van der Waals surface area contributed by atoms with Crippen molar-refractivity contribution in [2.75, 3.05) is 6.54 Å². The second-order valence-electron chi connectivity index (χ2n) is 6.89. The van der Waals surface area contributed by atoms with E-state index in [1.54, 1.807) is 12.1 Å². The smallest absolute Gasteiger partial charge is 0.123 e. The lowest BCUT2D eigenvalue weighted by Gasteiger charge is -2.47. The second-order valence-corrected chi connectivity index (χ2v) is 6.89. The molecule has 0 saturated carbocycles. The van der Waals surface area contributed by atoms with Gasteiger partial charge in [-0.1, -0.05) is 66.7 Å². The van der Waals surface area contributed by atoms with E-state index >= 15 is 0 Å². The number of hydrogen-bond donors (Lipinski definition) is 0. The van der Waals surface area contributed by atoms with Gasteiger partial charge in [0.2, 0.25) is 0 Å². The summed E-state index contributed by atoms with van der Waals surface area (Å²) < 4.78 is 13.5. The highest BCUT2D eigenvalue weighted by Gasteiger charge is 2.39. The SMILES string of the molecule is CC1(c2ccc(F)cc2)c2ccccc2CCN1Cc1ccccc1. The molecule has 0 fully saturated rings. The maximum absolute atomic E-state index is 13.5. The van der Waals surface area contributed by atoms with E-state index in [4.69, 9.17) is 0 Å². The summed E-state index contributed by atoms with van der Waals surface area (Å²) in [5, 5.41) is 0. The topological polar surface area (TPSA) is 3.24 Å². The molecule has 0 bridgehead atoms. The molecule has 1 atom stereocenters. The fraction of sp³-hybridized carbons (Fsp3) is 0.217. The lowest BCUT2D eigenvalue weighted by molar-refractivity contribution is 0.117. The molecular weight excluding hydrogens is 309 g/mol. The Balaban J connectivity index is 1.82. The summed E-state index contributed by atoms with van der Waals surface area (Å²) >= 11 is 0. The lowest BCUT2D eigenvalue weighted by Crippen LogP contribution is -2.48. The van der Waals surface area contributed by atoms with Gasteiger partial charge in [-0.3, -0.25) is 4.90 Å². The second kappa shape index (κ2) is 6.45. The van der Waals surface area contributed by atoms with Crippen LogP contribution in [-0.2, 0) is 18.5 Å². The summed E-state index contributed by atoms with van der Waals surface area (Å²) in [5.41, 5.74) is 4.88. The summed E-state index contributed by atoms with van der Waals surface area (Å²) in [7, 11) is 0. The molecule has 1 nitrogen and oxygen atoms in total. The molecule has 25 heavy (non-hydrogen) atoms. The van der Waals surface area contributed by atoms with Crippen molar-refractivity contribution in [2.45, 2.75) is 25.4 Å². The van der Waals surface area contributed by atoms with E-state index in [0.29, 0.717) is 0 Å². The van der Waals surface area contributed by atoms with Crippen LogP contribution in [0.5, 0.6) is 0 Å². The van der Waals surface area contributed by atoms with Crippen molar-refractivity contribution in [3.8, 4) is 0 Å². The third kappa shape index (κ3) is 2.87. The molecule has 1 aliphatic heterocycles. The zero-order chi connectivity index (χ0) is 17.3. The molecule has 0 radical (unpaired) electrons. The molecular formula is C23H22FN. The Hall–Kier alpha value is -2.45. The quantitative estimate of drug-likeness (QED) is 0.642. The van der Waals surface area contributed by atoms with Gasteiger partial charge in [0.1, 0.15) is 5.82 Å². The van der Waals surface area contributed by atoms with Gasteiger partial charge in [-0.2, -0.15) is 0 Å². The van der Waals surface area contributed by atoms with E-state index in [2.05, 4.69) is 60.4 Å². The van der Waals surface area contributed by atoms with Crippen molar-refractivity contribution in [1.82, 2.24) is 4.90 Å². The molecule has 1 heterocycles. The highest BCUT2D eigenvalue weighted by molar-refractivity contribution is 5.44. The van der Waals surface area contributed by atoms with E-state index in [9.17, 15) is 4.39 Å². The van der Waals surface area contributed by atoms with Gasteiger partial charge in [-0.15, -0.1) is 0 Å². The molecule has 3 aromatic carbocycles. The van der Waals surface area contributed by atoms with Gasteiger partial charge in [0.05, 0.1) is 5.54 Å². The van der Waals surface area contributed by atoms with Crippen LogP contribution in [0.4, 0.5) is 4.39 Å². The number of fused-ring (bicyclic) bond motifs is 1. The maximum Gasteiger partial charge on any atom is 0.123 e. The molecule has 1 aliphatic rings. The van der Waals surface area contributed by atoms with Crippen LogP contribution < -0.4 is 0 Å². The Labute approximate surface area is 148 Å². The Morgan fingerprint density at radius 3 is 2.32 bits per heavy atom. The molecule has 0 aliphatic carbocycles. The zero-order valence-corrected chi connectivity index (χ0v) is 14.5. The summed E-state index contributed by atoms with van der Waals surface area (Å²) in [6.45, 7) is 4.13. The minimum Gasteiger partial charge on any atom is -0.285 e. The van der Waals surface area contributed by atoms with Crippen molar-refractivity contribution >= 4 is 0 Å². The van der Waals surface area contributed by atoms with Crippen molar-refractivity contribution in [2.24, 2.45) is 0 Å². The minimum atomic E-state index is -0.265. The Morgan fingerprint density at radius 2 is 1.56 bits per heavy atom. The van der Waals surface area contributed by atoms with Gasteiger partial charge in [-0.25, -0.2) is 4.39 Å². The van der Waals surface area contributed by atoms with E-state index < -0.39 is 0 Å². The predicted molar refractivity (Wildman–Crippen MR) is 99.9 cm³/mol. The van der Waals surface area contributed by atoms with Crippen molar-refractivity contribution in [1.29, 1.82) is 0 Å². The van der Waals surface area contributed by atoms with Gasteiger partial charge in [0.15, 0.2) is 0 Å². The Bertz CT molecular complexity index is 857. The van der Waals surface area contributed by atoms with Gasteiger partial charge < -0.3 is 0 Å². The number of halogens is 1. The van der Waals surface area contributed by atoms with Gasteiger partial charge in [-0.05, 0) is 47.7 Å². The van der Waals surface area contributed by atoms with E-state index in [1.807, 2.05) is 18.2 Å². The summed E-state index contributed by atoms with van der Waals surface area (Å²) in [5.74, 6) is -0.189. The highest BCUT2D eigenvalue weighted by Crippen LogP contribution is 2.41. The molecule has 0 amide bonds. The van der Waals surface area contributed by atoms with Crippen LogP contribution in [0.1, 0.15) is 29.2 Å². The molecule has 126 valence electrons. The lowest BCUT2D eigenvalue weighted by atomic mass is 9.77. The fourth-order valence-corrected chi connectivity index (χ4v) is 4.02. The van der Waals surface area contributed by atoms with Gasteiger partial charge >= 0.3 is 0 Å². The average Bonchev–Trinajstić information content (AvgIpc) is 2.66. The van der Waals surface area contributed by atoms with E-state index in [0.717, 1.165) is 25.1 Å². The van der Waals surface area contributed by atoms with Crippen LogP contribution in [0.15, 0.2) is 78.9 Å². The van der Waals surface area contributed by atoms with Crippen LogP contribution in [-0.4, -0.2) is 11.4 Å². The summed E-state index contributed by atoms with van der Waals surface area (Å²) in [6, 6.07) is 26.2. The zero-order valence-electron chi connectivity index (χ0n) is 14.5. The normalized spacial score (nSPS) is 20.2. The van der Waals surface area contributed by atoms with Crippen LogP contribution >= 0.6 is 0 Å². The highest BCUT2D eigenvalue weighted by atomic mass is 19.1. The summed E-state index contributed by atoms with van der Waals surface area (Å²) in [6.07, 6.45) is 1.04. The first-order valence-electron chi connectivity index (χ1n) is 8.81. The largest absolute Gasteiger partial charge is 0.285 e. The third-order valence-electron chi connectivity index (χ3n) is 5.45. The first-order valence-corrected chi connectivity index (χ1v) is 8.81. The first kappa shape index (κ1) is 16.0.